The lowest BCUT2D eigenvalue weighted by atomic mass is 10.00. The van der Waals surface area contributed by atoms with E-state index in [1.807, 2.05) is 13.8 Å². The van der Waals surface area contributed by atoms with Crippen molar-refractivity contribution < 1.29 is 4.79 Å². The standard InChI is InChI=1S/C9H14BrN3OS/c1-3-5(2)7(11)8(14)13-9-12-4-6(10)15-9/h4-5,7H,3,11H2,1-2H3,(H,12,13,14)/t5-,7-/m0/s1. The molecule has 4 nitrogen and oxygen atoms in total. The second-order valence-electron chi connectivity index (χ2n) is 3.37. The van der Waals surface area contributed by atoms with Crippen LogP contribution in [0.1, 0.15) is 20.3 Å². The molecule has 0 saturated heterocycles. The Kier molecular flexibility index (Phi) is 4.69. The minimum Gasteiger partial charge on any atom is -0.320 e. The van der Waals surface area contributed by atoms with E-state index in [-0.39, 0.29) is 11.8 Å². The van der Waals surface area contributed by atoms with Crippen molar-refractivity contribution in [2.45, 2.75) is 26.3 Å². The third kappa shape index (κ3) is 3.55. The lowest BCUT2D eigenvalue weighted by molar-refractivity contribution is -0.118. The summed E-state index contributed by atoms with van der Waals surface area (Å²) in [4.78, 5) is 15.6. The second-order valence-corrected chi connectivity index (χ2v) is 5.78. The molecule has 84 valence electrons. The fraction of sp³-hybridized carbons (Fsp3) is 0.556. The summed E-state index contributed by atoms with van der Waals surface area (Å²) in [7, 11) is 0. The Hall–Kier alpha value is -0.460. The zero-order valence-corrected chi connectivity index (χ0v) is 11.1. The van der Waals surface area contributed by atoms with E-state index in [2.05, 4.69) is 26.2 Å². The van der Waals surface area contributed by atoms with Crippen LogP contribution in [-0.4, -0.2) is 16.9 Å². The van der Waals surface area contributed by atoms with Crippen LogP contribution >= 0.6 is 27.3 Å². The van der Waals surface area contributed by atoms with E-state index >= 15 is 0 Å². The highest BCUT2D eigenvalue weighted by molar-refractivity contribution is 9.11. The average Bonchev–Trinajstić information content (AvgIpc) is 2.61. The maximum atomic E-state index is 11.6. The Labute approximate surface area is 101 Å². The normalized spacial score (nSPS) is 14.7. The van der Waals surface area contributed by atoms with E-state index in [9.17, 15) is 4.79 Å². The monoisotopic (exact) mass is 291 g/mol. The minimum atomic E-state index is -0.474. The summed E-state index contributed by atoms with van der Waals surface area (Å²) in [5, 5.41) is 3.27. The highest BCUT2D eigenvalue weighted by atomic mass is 79.9. The second kappa shape index (κ2) is 5.58. The van der Waals surface area contributed by atoms with Crippen LogP contribution in [0.2, 0.25) is 0 Å². The summed E-state index contributed by atoms with van der Waals surface area (Å²) in [6, 6.07) is -0.474. The Morgan fingerprint density at radius 1 is 1.80 bits per heavy atom. The Morgan fingerprint density at radius 3 is 2.93 bits per heavy atom. The molecular formula is C9H14BrN3OS. The summed E-state index contributed by atoms with van der Waals surface area (Å²) in [6.07, 6.45) is 2.53. The molecule has 2 atom stereocenters. The number of nitrogens with zero attached hydrogens (tertiary/aromatic N) is 1. The average molecular weight is 292 g/mol. The van der Waals surface area contributed by atoms with E-state index in [1.54, 1.807) is 6.20 Å². The summed E-state index contributed by atoms with van der Waals surface area (Å²) >= 11 is 4.65. The molecule has 0 aliphatic rings. The molecule has 1 aromatic rings. The van der Waals surface area contributed by atoms with Gasteiger partial charge in [0.15, 0.2) is 5.13 Å². The van der Waals surface area contributed by atoms with Gasteiger partial charge in [0.25, 0.3) is 0 Å². The smallest absolute Gasteiger partial charge is 0.243 e. The topological polar surface area (TPSA) is 68.0 Å². The first kappa shape index (κ1) is 12.6. The molecule has 0 aliphatic carbocycles. The van der Waals surface area contributed by atoms with Gasteiger partial charge in [-0.05, 0) is 21.8 Å². The van der Waals surface area contributed by atoms with Crippen LogP contribution < -0.4 is 11.1 Å². The zero-order valence-electron chi connectivity index (χ0n) is 8.66. The van der Waals surface area contributed by atoms with Crippen molar-refractivity contribution >= 4 is 38.3 Å². The number of hydrogen-bond acceptors (Lipinski definition) is 4. The van der Waals surface area contributed by atoms with Crippen LogP contribution in [-0.2, 0) is 4.79 Å². The van der Waals surface area contributed by atoms with Gasteiger partial charge in [-0.25, -0.2) is 4.98 Å². The van der Waals surface area contributed by atoms with Crippen molar-refractivity contribution in [3.8, 4) is 0 Å². The number of halogens is 1. The van der Waals surface area contributed by atoms with Gasteiger partial charge in [0, 0.05) is 0 Å². The van der Waals surface area contributed by atoms with Crippen LogP contribution in [0.3, 0.4) is 0 Å². The molecule has 1 aromatic heterocycles. The van der Waals surface area contributed by atoms with Crippen LogP contribution in [0.25, 0.3) is 0 Å². The molecule has 0 fully saturated rings. The summed E-state index contributed by atoms with van der Waals surface area (Å²) in [6.45, 7) is 3.97. The quantitative estimate of drug-likeness (QED) is 0.894. The number of carbonyl (C=O) groups is 1. The van der Waals surface area contributed by atoms with Crippen molar-refractivity contribution in [3.05, 3.63) is 9.98 Å². The van der Waals surface area contributed by atoms with Gasteiger partial charge in [0.05, 0.1) is 16.0 Å². The van der Waals surface area contributed by atoms with Gasteiger partial charge in [0.1, 0.15) is 0 Å². The van der Waals surface area contributed by atoms with Gasteiger partial charge in [-0.2, -0.15) is 0 Å². The van der Waals surface area contributed by atoms with E-state index in [1.165, 1.54) is 11.3 Å². The van der Waals surface area contributed by atoms with E-state index in [4.69, 9.17) is 5.73 Å². The Balaban J connectivity index is 2.55. The molecule has 3 N–H and O–H groups in total. The molecule has 1 amide bonds. The summed E-state index contributed by atoms with van der Waals surface area (Å²) in [5.41, 5.74) is 5.78. The van der Waals surface area contributed by atoms with Gasteiger partial charge in [-0.3, -0.25) is 4.79 Å². The molecule has 0 aromatic carbocycles. The van der Waals surface area contributed by atoms with Gasteiger partial charge in [0.2, 0.25) is 5.91 Å². The van der Waals surface area contributed by atoms with Gasteiger partial charge < -0.3 is 11.1 Å². The molecule has 0 spiro atoms. The molecule has 0 bridgehead atoms. The van der Waals surface area contributed by atoms with Crippen LogP contribution in [0.4, 0.5) is 5.13 Å². The largest absolute Gasteiger partial charge is 0.320 e. The van der Waals surface area contributed by atoms with Crippen molar-refractivity contribution in [3.63, 3.8) is 0 Å². The molecule has 0 radical (unpaired) electrons. The predicted octanol–water partition coefficient (Wildman–Crippen LogP) is 2.22. The van der Waals surface area contributed by atoms with Crippen LogP contribution in [0.5, 0.6) is 0 Å². The lowest BCUT2D eigenvalue weighted by Crippen LogP contribution is -2.40. The number of anilines is 1. The van der Waals surface area contributed by atoms with Crippen LogP contribution in [0.15, 0.2) is 9.98 Å². The molecule has 0 saturated carbocycles. The number of carbonyl (C=O) groups excluding carboxylic acids is 1. The van der Waals surface area contributed by atoms with Gasteiger partial charge >= 0.3 is 0 Å². The van der Waals surface area contributed by atoms with Crippen molar-refractivity contribution in [2.24, 2.45) is 11.7 Å². The maximum absolute atomic E-state index is 11.6. The molecule has 0 unspecified atom stereocenters. The first-order valence-corrected chi connectivity index (χ1v) is 6.33. The predicted molar refractivity (Wildman–Crippen MR) is 65.9 cm³/mol. The first-order chi connectivity index (χ1) is 7.04. The van der Waals surface area contributed by atoms with Crippen molar-refractivity contribution in [2.75, 3.05) is 5.32 Å². The molecule has 6 heteroatoms. The summed E-state index contributed by atoms with van der Waals surface area (Å²) < 4.78 is 0.884. The van der Waals surface area contributed by atoms with Crippen molar-refractivity contribution in [1.29, 1.82) is 0 Å². The molecule has 1 rings (SSSR count). The maximum Gasteiger partial charge on any atom is 0.243 e. The summed E-state index contributed by atoms with van der Waals surface area (Å²) in [5.74, 6) is -0.000368. The molecule has 0 aliphatic heterocycles. The highest BCUT2D eigenvalue weighted by Gasteiger charge is 2.20. The number of rotatable bonds is 4. The van der Waals surface area contributed by atoms with E-state index in [0.29, 0.717) is 5.13 Å². The van der Waals surface area contributed by atoms with E-state index in [0.717, 1.165) is 10.2 Å². The van der Waals surface area contributed by atoms with Gasteiger partial charge in [-0.15, -0.1) is 0 Å². The number of nitrogens with two attached hydrogens (primary N) is 1. The first-order valence-electron chi connectivity index (χ1n) is 4.72. The fourth-order valence-corrected chi connectivity index (χ4v) is 2.12. The van der Waals surface area contributed by atoms with Gasteiger partial charge in [-0.1, -0.05) is 31.6 Å². The van der Waals surface area contributed by atoms with E-state index < -0.39 is 6.04 Å². The number of aromatic nitrogens is 1. The Morgan fingerprint density at radius 2 is 2.47 bits per heavy atom. The molecule has 1 heterocycles. The number of nitrogens with one attached hydrogen (secondary N) is 1. The number of amides is 1. The SMILES string of the molecule is CC[C@H](C)[C@H](N)C(=O)Nc1ncc(Br)s1. The molecule has 15 heavy (non-hydrogen) atoms. The number of thiazole rings is 1. The van der Waals surface area contributed by atoms with Crippen LogP contribution in [0, 0.1) is 5.92 Å². The molecular weight excluding hydrogens is 278 g/mol. The minimum absolute atomic E-state index is 0.174. The number of hydrogen-bond donors (Lipinski definition) is 2. The fourth-order valence-electron chi connectivity index (χ4n) is 1.01. The zero-order chi connectivity index (χ0) is 11.4. The third-order valence-corrected chi connectivity index (χ3v) is 3.66. The Bertz CT molecular complexity index is 342. The van der Waals surface area contributed by atoms with Crippen molar-refractivity contribution in [1.82, 2.24) is 4.98 Å². The lowest BCUT2D eigenvalue weighted by Gasteiger charge is -2.16. The third-order valence-electron chi connectivity index (χ3n) is 2.27. The highest BCUT2D eigenvalue weighted by Crippen LogP contribution is 2.23.